The zero-order valence-corrected chi connectivity index (χ0v) is 12.3. The molecule has 0 aromatic heterocycles. The first-order valence-corrected chi connectivity index (χ1v) is 7.66. The minimum atomic E-state index is 0.0976. The fourth-order valence-corrected chi connectivity index (χ4v) is 2.84. The molecule has 1 aromatic carbocycles. The molecule has 1 N–H and O–H groups in total. The first-order valence-electron chi connectivity index (χ1n) is 7.28. The number of urea groups is 1. The van der Waals surface area contributed by atoms with E-state index < -0.39 is 0 Å². The molecule has 0 spiro atoms. The van der Waals surface area contributed by atoms with Gasteiger partial charge < -0.3 is 15.1 Å². The third-order valence-corrected chi connectivity index (χ3v) is 4.41. The van der Waals surface area contributed by atoms with Crippen molar-refractivity contribution in [1.82, 2.24) is 10.2 Å². The van der Waals surface area contributed by atoms with Gasteiger partial charge >= 0.3 is 6.03 Å². The number of carbonyl (C=O) groups excluding carboxylic acids is 1. The maximum atomic E-state index is 12.1. The Morgan fingerprint density at radius 3 is 2.55 bits per heavy atom. The topological polar surface area (TPSA) is 35.6 Å². The summed E-state index contributed by atoms with van der Waals surface area (Å²) in [7, 11) is 0. The van der Waals surface area contributed by atoms with Crippen molar-refractivity contribution < 1.29 is 4.79 Å². The van der Waals surface area contributed by atoms with Gasteiger partial charge in [-0.15, -0.1) is 0 Å². The maximum absolute atomic E-state index is 12.1. The summed E-state index contributed by atoms with van der Waals surface area (Å²) in [5.74, 6) is 0. The number of amides is 2. The second kappa shape index (κ2) is 5.92. The summed E-state index contributed by atoms with van der Waals surface area (Å²) in [6, 6.07) is 8.40. The summed E-state index contributed by atoms with van der Waals surface area (Å²) in [5, 5.41) is 3.85. The third kappa shape index (κ3) is 3.01. The number of piperazine rings is 1. The predicted molar refractivity (Wildman–Crippen MR) is 81.4 cm³/mol. The average Bonchev–Trinajstić information content (AvgIpc) is 2.43. The average molecular weight is 294 g/mol. The lowest BCUT2D eigenvalue weighted by Gasteiger charge is -2.37. The van der Waals surface area contributed by atoms with Gasteiger partial charge in [0.25, 0.3) is 0 Å². The molecule has 1 heterocycles. The Labute approximate surface area is 124 Å². The number of hydrogen-bond donors (Lipinski definition) is 1. The van der Waals surface area contributed by atoms with Gasteiger partial charge in [0.15, 0.2) is 0 Å². The van der Waals surface area contributed by atoms with Crippen LogP contribution in [0.25, 0.3) is 0 Å². The number of carbonyl (C=O) groups is 1. The van der Waals surface area contributed by atoms with E-state index >= 15 is 0 Å². The summed E-state index contributed by atoms with van der Waals surface area (Å²) >= 11 is 6.02. The van der Waals surface area contributed by atoms with Gasteiger partial charge in [-0.05, 0) is 37.5 Å². The van der Waals surface area contributed by atoms with Crippen molar-refractivity contribution >= 4 is 23.3 Å². The molecule has 0 bridgehead atoms. The fraction of sp³-hybridized carbons (Fsp3) is 0.533. The van der Waals surface area contributed by atoms with Crippen molar-refractivity contribution in [3.63, 3.8) is 0 Å². The molecule has 4 nitrogen and oxygen atoms in total. The van der Waals surface area contributed by atoms with Gasteiger partial charge in [0.2, 0.25) is 0 Å². The number of nitrogens with zero attached hydrogens (tertiary/aromatic N) is 2. The first kappa shape index (κ1) is 13.6. The minimum Gasteiger partial charge on any atom is -0.368 e. The number of anilines is 1. The van der Waals surface area contributed by atoms with E-state index in [9.17, 15) is 4.79 Å². The number of rotatable bonds is 2. The number of nitrogens with one attached hydrogen (secondary N) is 1. The SMILES string of the molecule is O=C(NC1CCC1)N1CCN(c2cccc(Cl)c2)CC1. The van der Waals surface area contributed by atoms with Gasteiger partial charge in [-0.1, -0.05) is 17.7 Å². The van der Waals surface area contributed by atoms with E-state index in [4.69, 9.17) is 11.6 Å². The van der Waals surface area contributed by atoms with Crippen molar-refractivity contribution in [3.05, 3.63) is 29.3 Å². The van der Waals surface area contributed by atoms with Crippen LogP contribution in [0.15, 0.2) is 24.3 Å². The van der Waals surface area contributed by atoms with Crippen molar-refractivity contribution in [3.8, 4) is 0 Å². The largest absolute Gasteiger partial charge is 0.368 e. The van der Waals surface area contributed by atoms with Crippen LogP contribution in [-0.2, 0) is 0 Å². The zero-order valence-electron chi connectivity index (χ0n) is 11.5. The lowest BCUT2D eigenvalue weighted by Crippen LogP contribution is -2.54. The van der Waals surface area contributed by atoms with E-state index in [2.05, 4.69) is 16.3 Å². The molecule has 5 heteroatoms. The van der Waals surface area contributed by atoms with Crippen molar-refractivity contribution in [2.45, 2.75) is 25.3 Å². The van der Waals surface area contributed by atoms with Crippen LogP contribution >= 0.6 is 11.6 Å². The van der Waals surface area contributed by atoms with E-state index in [1.807, 2.05) is 23.1 Å². The molecule has 2 aliphatic rings. The van der Waals surface area contributed by atoms with Crippen LogP contribution in [0.2, 0.25) is 5.02 Å². The second-order valence-electron chi connectivity index (χ2n) is 5.53. The number of halogens is 1. The van der Waals surface area contributed by atoms with E-state index in [1.165, 1.54) is 6.42 Å². The van der Waals surface area contributed by atoms with Gasteiger partial charge in [-0.3, -0.25) is 0 Å². The molecule has 20 heavy (non-hydrogen) atoms. The number of benzene rings is 1. The van der Waals surface area contributed by atoms with Gasteiger partial charge in [0.1, 0.15) is 0 Å². The Balaban J connectivity index is 1.52. The lowest BCUT2D eigenvalue weighted by molar-refractivity contribution is 0.183. The van der Waals surface area contributed by atoms with Crippen LogP contribution in [0.5, 0.6) is 0 Å². The van der Waals surface area contributed by atoms with Crippen LogP contribution in [0.4, 0.5) is 10.5 Å². The van der Waals surface area contributed by atoms with E-state index in [-0.39, 0.29) is 6.03 Å². The van der Waals surface area contributed by atoms with Crippen molar-refractivity contribution in [1.29, 1.82) is 0 Å². The molecule has 2 fully saturated rings. The fourth-order valence-electron chi connectivity index (χ4n) is 2.66. The molecular weight excluding hydrogens is 274 g/mol. The minimum absolute atomic E-state index is 0.0976. The lowest BCUT2D eigenvalue weighted by atomic mass is 9.93. The van der Waals surface area contributed by atoms with E-state index in [0.717, 1.165) is 49.7 Å². The summed E-state index contributed by atoms with van der Waals surface area (Å²) in [5.41, 5.74) is 1.14. The molecular formula is C15H20ClN3O. The summed E-state index contributed by atoms with van der Waals surface area (Å²) < 4.78 is 0. The van der Waals surface area contributed by atoms with Crippen LogP contribution < -0.4 is 10.2 Å². The Bertz CT molecular complexity index is 482. The summed E-state index contributed by atoms with van der Waals surface area (Å²) in [6.07, 6.45) is 3.51. The number of hydrogen-bond acceptors (Lipinski definition) is 2. The monoisotopic (exact) mass is 293 g/mol. The third-order valence-electron chi connectivity index (χ3n) is 4.17. The molecule has 3 rings (SSSR count). The standard InChI is InChI=1S/C15H20ClN3O/c16-12-3-1-6-14(11-12)18-7-9-19(10-8-18)15(20)17-13-4-2-5-13/h1,3,6,11,13H,2,4-5,7-10H2,(H,17,20). The molecule has 0 atom stereocenters. The molecule has 0 unspecified atom stereocenters. The van der Waals surface area contributed by atoms with Gasteiger partial charge in [0.05, 0.1) is 0 Å². The molecule has 1 saturated heterocycles. The highest BCUT2D eigenvalue weighted by Crippen LogP contribution is 2.21. The van der Waals surface area contributed by atoms with Crippen LogP contribution in [-0.4, -0.2) is 43.2 Å². The predicted octanol–water partition coefficient (Wildman–Crippen LogP) is 2.72. The zero-order chi connectivity index (χ0) is 13.9. The van der Waals surface area contributed by atoms with Crippen molar-refractivity contribution in [2.24, 2.45) is 0 Å². The molecule has 1 aliphatic carbocycles. The van der Waals surface area contributed by atoms with Crippen LogP contribution in [0.3, 0.4) is 0 Å². The molecule has 108 valence electrons. The summed E-state index contributed by atoms with van der Waals surface area (Å²) in [4.78, 5) is 16.3. The highest BCUT2D eigenvalue weighted by molar-refractivity contribution is 6.30. The molecule has 1 aromatic rings. The molecule has 1 saturated carbocycles. The Morgan fingerprint density at radius 1 is 1.20 bits per heavy atom. The Kier molecular flexibility index (Phi) is 4.01. The first-order chi connectivity index (χ1) is 9.72. The normalized spacial score (nSPS) is 19.6. The maximum Gasteiger partial charge on any atom is 0.317 e. The van der Waals surface area contributed by atoms with Gasteiger partial charge in [0, 0.05) is 42.9 Å². The molecule has 2 amide bonds. The highest BCUT2D eigenvalue weighted by Gasteiger charge is 2.25. The quantitative estimate of drug-likeness (QED) is 0.910. The Morgan fingerprint density at radius 2 is 1.95 bits per heavy atom. The summed E-state index contributed by atoms with van der Waals surface area (Å²) in [6.45, 7) is 3.26. The van der Waals surface area contributed by atoms with Crippen LogP contribution in [0, 0.1) is 0 Å². The van der Waals surface area contributed by atoms with E-state index in [0.29, 0.717) is 6.04 Å². The van der Waals surface area contributed by atoms with Crippen LogP contribution in [0.1, 0.15) is 19.3 Å². The van der Waals surface area contributed by atoms with Gasteiger partial charge in [-0.2, -0.15) is 0 Å². The molecule has 0 radical (unpaired) electrons. The van der Waals surface area contributed by atoms with Gasteiger partial charge in [-0.25, -0.2) is 4.79 Å². The van der Waals surface area contributed by atoms with Crippen molar-refractivity contribution in [2.75, 3.05) is 31.1 Å². The smallest absolute Gasteiger partial charge is 0.317 e. The second-order valence-corrected chi connectivity index (χ2v) is 5.97. The molecule has 1 aliphatic heterocycles. The Hall–Kier alpha value is -1.42. The van der Waals surface area contributed by atoms with E-state index in [1.54, 1.807) is 0 Å². The highest BCUT2D eigenvalue weighted by atomic mass is 35.5.